The average Bonchev–Trinajstić information content (AvgIpc) is 3.07. The van der Waals surface area contributed by atoms with E-state index in [1.54, 1.807) is 43.3 Å². The molecule has 1 saturated heterocycles. The molecule has 0 bridgehead atoms. The number of carbonyl (C=O) groups excluding carboxylic acids is 2. The summed E-state index contributed by atoms with van der Waals surface area (Å²) >= 11 is 0. The molecule has 8 heteroatoms. The van der Waals surface area contributed by atoms with Crippen molar-refractivity contribution in [2.45, 2.75) is 26.8 Å². The quantitative estimate of drug-likeness (QED) is 0.302. The van der Waals surface area contributed by atoms with E-state index in [4.69, 9.17) is 9.47 Å². The van der Waals surface area contributed by atoms with Gasteiger partial charge in [0.25, 0.3) is 11.7 Å². The van der Waals surface area contributed by atoms with Crippen LogP contribution in [-0.2, 0) is 9.59 Å². The normalized spacial score (nSPS) is 17.5. The smallest absolute Gasteiger partial charge is 0.295 e. The summed E-state index contributed by atoms with van der Waals surface area (Å²) in [6, 6.07) is 10.7. The SMILES string of the molecule is CCOc1cc(C2/C(=C(/O)c3ccc(OCC(C)C)cc3)C(=O)C(=O)N2CCN(C)C)ccc1O. The summed E-state index contributed by atoms with van der Waals surface area (Å²) < 4.78 is 11.2. The number of phenolic OH excluding ortho intramolecular Hbond substituents is 1. The molecule has 2 aromatic carbocycles. The van der Waals surface area contributed by atoms with E-state index in [2.05, 4.69) is 13.8 Å². The first-order chi connectivity index (χ1) is 16.6. The molecular formula is C27H34N2O6. The van der Waals surface area contributed by atoms with Gasteiger partial charge in [0.2, 0.25) is 0 Å². The third-order valence-corrected chi connectivity index (χ3v) is 5.64. The lowest BCUT2D eigenvalue weighted by molar-refractivity contribution is -0.140. The predicted molar refractivity (Wildman–Crippen MR) is 134 cm³/mol. The van der Waals surface area contributed by atoms with Crippen molar-refractivity contribution in [2.24, 2.45) is 5.92 Å². The van der Waals surface area contributed by atoms with Crippen molar-refractivity contribution in [1.82, 2.24) is 9.80 Å². The summed E-state index contributed by atoms with van der Waals surface area (Å²) in [7, 11) is 3.75. The Kier molecular flexibility index (Phi) is 8.40. The Morgan fingerprint density at radius 1 is 1.09 bits per heavy atom. The van der Waals surface area contributed by atoms with Gasteiger partial charge >= 0.3 is 0 Å². The number of Topliss-reactive ketones (excluding diaryl/α,β-unsaturated/α-hetero) is 1. The van der Waals surface area contributed by atoms with Gasteiger partial charge in [-0.25, -0.2) is 0 Å². The maximum Gasteiger partial charge on any atom is 0.295 e. The number of amides is 1. The summed E-state index contributed by atoms with van der Waals surface area (Å²) in [6.45, 7) is 7.61. The third-order valence-electron chi connectivity index (χ3n) is 5.64. The summed E-state index contributed by atoms with van der Waals surface area (Å²) in [5, 5.41) is 21.4. The topological polar surface area (TPSA) is 99.5 Å². The van der Waals surface area contributed by atoms with E-state index in [0.717, 1.165) is 0 Å². The lowest BCUT2D eigenvalue weighted by Crippen LogP contribution is -2.35. The Balaban J connectivity index is 2.07. The highest BCUT2D eigenvalue weighted by molar-refractivity contribution is 6.46. The van der Waals surface area contributed by atoms with Crippen LogP contribution in [0.5, 0.6) is 17.2 Å². The molecule has 1 aliphatic heterocycles. The van der Waals surface area contributed by atoms with Gasteiger partial charge in [0.1, 0.15) is 11.5 Å². The molecule has 0 saturated carbocycles. The number of likely N-dealkylation sites (tertiary alicyclic amines) is 1. The van der Waals surface area contributed by atoms with Gasteiger partial charge in [-0.2, -0.15) is 0 Å². The number of carbonyl (C=O) groups is 2. The Hall–Kier alpha value is -3.52. The van der Waals surface area contributed by atoms with E-state index in [9.17, 15) is 19.8 Å². The fourth-order valence-electron chi connectivity index (χ4n) is 3.86. The molecule has 0 spiro atoms. The standard InChI is InChI=1S/C27H34N2O6/c1-6-34-22-15-19(9-12-21(22)30)24-23(26(32)27(33)29(24)14-13-28(4)5)25(31)18-7-10-20(11-8-18)35-16-17(2)3/h7-12,15,17,24,30-31H,6,13-14,16H2,1-5H3/b25-23-. The van der Waals surface area contributed by atoms with Crippen molar-refractivity contribution in [2.75, 3.05) is 40.4 Å². The highest BCUT2D eigenvalue weighted by Crippen LogP contribution is 2.41. The molecule has 2 aromatic rings. The number of benzene rings is 2. The highest BCUT2D eigenvalue weighted by atomic mass is 16.5. The molecule has 1 heterocycles. The van der Waals surface area contributed by atoms with Crippen LogP contribution in [0.4, 0.5) is 0 Å². The monoisotopic (exact) mass is 482 g/mol. The fraction of sp³-hybridized carbons (Fsp3) is 0.407. The number of nitrogens with zero attached hydrogens (tertiary/aromatic N) is 2. The van der Waals surface area contributed by atoms with Crippen molar-refractivity contribution in [3.63, 3.8) is 0 Å². The molecule has 1 fully saturated rings. The van der Waals surface area contributed by atoms with Crippen molar-refractivity contribution < 1.29 is 29.3 Å². The molecule has 1 atom stereocenters. The first-order valence-electron chi connectivity index (χ1n) is 11.8. The summed E-state index contributed by atoms with van der Waals surface area (Å²) in [4.78, 5) is 29.6. The molecule has 0 aliphatic carbocycles. The first-order valence-corrected chi connectivity index (χ1v) is 11.8. The number of hydrogen-bond acceptors (Lipinski definition) is 7. The molecule has 0 aromatic heterocycles. The summed E-state index contributed by atoms with van der Waals surface area (Å²) in [5.74, 6) is -0.472. The van der Waals surface area contributed by atoms with Gasteiger partial charge in [-0.3, -0.25) is 9.59 Å². The number of aliphatic hydroxyl groups is 1. The summed E-state index contributed by atoms with van der Waals surface area (Å²) in [5.41, 5.74) is 0.960. The maximum absolute atomic E-state index is 13.2. The molecule has 1 aliphatic rings. The molecule has 1 amide bonds. The van der Waals surface area contributed by atoms with Crippen molar-refractivity contribution >= 4 is 17.4 Å². The maximum atomic E-state index is 13.2. The van der Waals surface area contributed by atoms with Crippen LogP contribution in [0.25, 0.3) is 5.76 Å². The van der Waals surface area contributed by atoms with E-state index in [1.807, 2.05) is 19.0 Å². The number of ether oxygens (including phenoxy) is 2. The van der Waals surface area contributed by atoms with E-state index < -0.39 is 17.7 Å². The van der Waals surface area contributed by atoms with Crippen molar-refractivity contribution in [3.8, 4) is 17.2 Å². The molecule has 3 rings (SSSR count). The molecule has 1 unspecified atom stereocenters. The second-order valence-electron chi connectivity index (χ2n) is 9.19. The van der Waals surface area contributed by atoms with Crippen LogP contribution in [-0.4, -0.2) is 72.1 Å². The lowest BCUT2D eigenvalue weighted by atomic mass is 9.95. The van der Waals surface area contributed by atoms with E-state index in [0.29, 0.717) is 42.6 Å². The van der Waals surface area contributed by atoms with E-state index in [1.165, 1.54) is 11.0 Å². The van der Waals surface area contributed by atoms with Gasteiger partial charge in [-0.1, -0.05) is 19.9 Å². The molecule has 35 heavy (non-hydrogen) atoms. The van der Waals surface area contributed by atoms with Crippen LogP contribution < -0.4 is 9.47 Å². The zero-order valence-electron chi connectivity index (χ0n) is 20.9. The van der Waals surface area contributed by atoms with Gasteiger partial charge < -0.3 is 29.5 Å². The fourth-order valence-corrected chi connectivity index (χ4v) is 3.86. The van der Waals surface area contributed by atoms with Gasteiger partial charge in [0.15, 0.2) is 11.5 Å². The Morgan fingerprint density at radius 2 is 1.77 bits per heavy atom. The van der Waals surface area contributed by atoms with Crippen LogP contribution in [0, 0.1) is 5.92 Å². The van der Waals surface area contributed by atoms with Gasteiger partial charge in [-0.05, 0) is 68.9 Å². The number of likely N-dealkylation sites (N-methyl/N-ethyl adjacent to an activating group) is 1. The summed E-state index contributed by atoms with van der Waals surface area (Å²) in [6.07, 6.45) is 0. The molecule has 0 radical (unpaired) electrons. The molecular weight excluding hydrogens is 448 g/mol. The highest BCUT2D eigenvalue weighted by Gasteiger charge is 2.46. The van der Waals surface area contributed by atoms with Crippen LogP contribution in [0.15, 0.2) is 48.0 Å². The van der Waals surface area contributed by atoms with Crippen LogP contribution in [0.2, 0.25) is 0 Å². The zero-order chi connectivity index (χ0) is 25.7. The average molecular weight is 483 g/mol. The predicted octanol–water partition coefficient (Wildman–Crippen LogP) is 3.81. The lowest BCUT2D eigenvalue weighted by Gasteiger charge is -2.27. The minimum absolute atomic E-state index is 0.00209. The number of aromatic hydroxyl groups is 1. The number of aliphatic hydroxyl groups excluding tert-OH is 1. The minimum Gasteiger partial charge on any atom is -0.507 e. The zero-order valence-corrected chi connectivity index (χ0v) is 20.9. The Bertz CT molecular complexity index is 1090. The third kappa shape index (κ3) is 5.95. The van der Waals surface area contributed by atoms with Crippen molar-refractivity contribution in [1.29, 1.82) is 0 Å². The van der Waals surface area contributed by atoms with Gasteiger partial charge in [0, 0.05) is 18.7 Å². The molecule has 8 nitrogen and oxygen atoms in total. The Labute approximate surface area is 206 Å². The molecule has 2 N–H and O–H groups in total. The Morgan fingerprint density at radius 3 is 2.37 bits per heavy atom. The van der Waals surface area contributed by atoms with Gasteiger partial charge in [0.05, 0.1) is 24.8 Å². The van der Waals surface area contributed by atoms with Crippen LogP contribution in [0.1, 0.15) is 37.9 Å². The number of ketones is 1. The van der Waals surface area contributed by atoms with Crippen molar-refractivity contribution in [3.05, 3.63) is 59.2 Å². The van der Waals surface area contributed by atoms with E-state index >= 15 is 0 Å². The number of phenols is 1. The number of rotatable bonds is 10. The molecule has 188 valence electrons. The second-order valence-corrected chi connectivity index (χ2v) is 9.19. The first kappa shape index (κ1) is 26.1. The minimum atomic E-state index is -0.827. The largest absolute Gasteiger partial charge is 0.507 e. The van der Waals surface area contributed by atoms with Crippen LogP contribution >= 0.6 is 0 Å². The van der Waals surface area contributed by atoms with Crippen LogP contribution in [0.3, 0.4) is 0 Å². The second kappa shape index (κ2) is 11.3. The van der Waals surface area contributed by atoms with Gasteiger partial charge in [-0.15, -0.1) is 0 Å². The van der Waals surface area contributed by atoms with E-state index in [-0.39, 0.29) is 29.4 Å². The number of hydrogen-bond donors (Lipinski definition) is 2.